The van der Waals surface area contributed by atoms with Gasteiger partial charge in [-0.25, -0.2) is 4.99 Å². The van der Waals surface area contributed by atoms with Crippen molar-refractivity contribution in [3.05, 3.63) is 11.6 Å². The number of hydrazine groups is 1. The van der Waals surface area contributed by atoms with Gasteiger partial charge in [0.15, 0.2) is 11.5 Å². The van der Waals surface area contributed by atoms with Gasteiger partial charge in [-0.3, -0.25) is 14.8 Å². The number of carbonyl (C=O) groups excluding carboxylic acids is 1. The summed E-state index contributed by atoms with van der Waals surface area (Å²) in [6.45, 7) is 0. The number of methoxy groups -OCH3 is 3. The second kappa shape index (κ2) is 5.81. The van der Waals surface area contributed by atoms with Crippen LogP contribution >= 0.6 is 0 Å². The Kier molecular flexibility index (Phi) is 4.08. The first-order valence-corrected chi connectivity index (χ1v) is 6.33. The van der Waals surface area contributed by atoms with Crippen LogP contribution in [0.3, 0.4) is 0 Å². The fourth-order valence-electron chi connectivity index (χ4n) is 2.14. The Morgan fingerprint density at radius 3 is 2.23 bits per heavy atom. The molecule has 1 aromatic rings. The van der Waals surface area contributed by atoms with E-state index in [4.69, 9.17) is 14.2 Å². The first kappa shape index (κ1) is 15.4. The predicted molar refractivity (Wildman–Crippen MR) is 78.7 cm³/mol. The van der Waals surface area contributed by atoms with Crippen LogP contribution in [0.4, 0.5) is 5.69 Å². The van der Waals surface area contributed by atoms with Gasteiger partial charge in [-0.15, -0.1) is 0 Å². The average Bonchev–Trinajstić information content (AvgIpc) is 2.63. The van der Waals surface area contributed by atoms with Gasteiger partial charge in [-0.05, 0) is 6.07 Å². The summed E-state index contributed by atoms with van der Waals surface area (Å²) in [6.07, 6.45) is 0. The highest BCUT2D eigenvalue weighted by Gasteiger charge is 2.31. The molecule has 0 N–H and O–H groups in total. The number of benzene rings is 1. The molecule has 0 atom stereocenters. The van der Waals surface area contributed by atoms with Gasteiger partial charge in [-0.1, -0.05) is 0 Å². The standard InChI is InChI=1S/C14H16N4O4/c1-17-10(7-15)16-11-8(14(19)18(17)2)6-9(20-3)12(21-4)13(11)22-5/h6H,1-5H3. The molecule has 0 fully saturated rings. The summed E-state index contributed by atoms with van der Waals surface area (Å²) >= 11 is 0. The van der Waals surface area contributed by atoms with Crippen LogP contribution in [0.25, 0.3) is 0 Å². The van der Waals surface area contributed by atoms with Gasteiger partial charge < -0.3 is 14.2 Å². The van der Waals surface area contributed by atoms with Crippen LogP contribution in [0.2, 0.25) is 0 Å². The van der Waals surface area contributed by atoms with Crippen molar-refractivity contribution in [3.63, 3.8) is 0 Å². The van der Waals surface area contributed by atoms with Crippen molar-refractivity contribution in [3.8, 4) is 23.3 Å². The fraction of sp³-hybridized carbons (Fsp3) is 0.357. The van der Waals surface area contributed by atoms with Gasteiger partial charge in [0.05, 0.1) is 26.9 Å². The minimum atomic E-state index is -0.342. The lowest BCUT2D eigenvalue weighted by Gasteiger charge is -2.26. The molecule has 1 heterocycles. The van der Waals surface area contributed by atoms with Crippen molar-refractivity contribution >= 4 is 17.4 Å². The second-order valence-corrected chi connectivity index (χ2v) is 4.44. The molecule has 0 saturated carbocycles. The Bertz CT molecular complexity index is 693. The Labute approximate surface area is 128 Å². The van der Waals surface area contributed by atoms with Crippen LogP contribution in [0.5, 0.6) is 17.2 Å². The summed E-state index contributed by atoms with van der Waals surface area (Å²) in [4.78, 5) is 16.8. The summed E-state index contributed by atoms with van der Waals surface area (Å²) < 4.78 is 15.9. The second-order valence-electron chi connectivity index (χ2n) is 4.44. The van der Waals surface area contributed by atoms with Crippen molar-refractivity contribution < 1.29 is 19.0 Å². The SMILES string of the molecule is COc1cc2c(c(OC)c1OC)N=C(C#N)N(C)N(C)C2=O. The van der Waals surface area contributed by atoms with Crippen LogP contribution in [-0.2, 0) is 0 Å². The maximum Gasteiger partial charge on any atom is 0.274 e. The lowest BCUT2D eigenvalue weighted by atomic mass is 10.1. The highest BCUT2D eigenvalue weighted by atomic mass is 16.5. The van der Waals surface area contributed by atoms with E-state index in [2.05, 4.69) is 4.99 Å². The van der Waals surface area contributed by atoms with E-state index >= 15 is 0 Å². The molecular formula is C14H16N4O4. The molecule has 0 unspecified atom stereocenters. The van der Waals surface area contributed by atoms with Gasteiger partial charge in [0.1, 0.15) is 11.8 Å². The largest absolute Gasteiger partial charge is 0.493 e. The van der Waals surface area contributed by atoms with Gasteiger partial charge in [0.25, 0.3) is 5.91 Å². The molecule has 0 radical (unpaired) electrons. The zero-order valence-electron chi connectivity index (χ0n) is 13.0. The van der Waals surface area contributed by atoms with Crippen molar-refractivity contribution in [1.29, 1.82) is 5.26 Å². The van der Waals surface area contributed by atoms with Crippen LogP contribution in [0.1, 0.15) is 10.4 Å². The molecule has 0 bridgehead atoms. The molecule has 8 nitrogen and oxygen atoms in total. The molecule has 0 spiro atoms. The molecule has 1 aliphatic heterocycles. The number of rotatable bonds is 3. The highest BCUT2D eigenvalue weighted by Crippen LogP contribution is 2.47. The first-order valence-electron chi connectivity index (χ1n) is 6.33. The van der Waals surface area contributed by atoms with E-state index in [0.717, 1.165) is 0 Å². The number of fused-ring (bicyclic) bond motifs is 1. The Morgan fingerprint density at radius 1 is 1.09 bits per heavy atom. The van der Waals surface area contributed by atoms with Gasteiger partial charge >= 0.3 is 0 Å². The Hall–Kier alpha value is -2.95. The van der Waals surface area contributed by atoms with Crippen LogP contribution in [0, 0.1) is 11.3 Å². The van der Waals surface area contributed by atoms with Gasteiger partial charge in [-0.2, -0.15) is 5.26 Å². The quantitative estimate of drug-likeness (QED) is 0.834. The lowest BCUT2D eigenvalue weighted by molar-refractivity contribution is 0.0508. The summed E-state index contributed by atoms with van der Waals surface area (Å²) in [7, 11) is 7.48. The summed E-state index contributed by atoms with van der Waals surface area (Å²) in [6, 6.07) is 3.48. The van der Waals surface area contributed by atoms with Crippen molar-refractivity contribution in [2.45, 2.75) is 0 Å². The zero-order valence-corrected chi connectivity index (χ0v) is 13.0. The van der Waals surface area contributed by atoms with E-state index in [1.807, 2.05) is 6.07 Å². The number of aliphatic imine (C=N–C) groups is 1. The molecule has 0 aliphatic carbocycles. The van der Waals surface area contributed by atoms with E-state index in [-0.39, 0.29) is 28.7 Å². The third kappa shape index (κ3) is 2.16. The monoisotopic (exact) mass is 304 g/mol. The Morgan fingerprint density at radius 2 is 1.73 bits per heavy atom. The van der Waals surface area contributed by atoms with Crippen molar-refractivity contribution in [1.82, 2.24) is 10.0 Å². The van der Waals surface area contributed by atoms with Crippen LogP contribution in [0.15, 0.2) is 11.1 Å². The fourth-order valence-corrected chi connectivity index (χ4v) is 2.14. The maximum absolute atomic E-state index is 12.6. The number of amidine groups is 1. The van der Waals surface area contributed by atoms with E-state index in [9.17, 15) is 10.1 Å². The van der Waals surface area contributed by atoms with Crippen LogP contribution < -0.4 is 14.2 Å². The van der Waals surface area contributed by atoms with E-state index in [0.29, 0.717) is 11.5 Å². The molecule has 22 heavy (non-hydrogen) atoms. The summed E-state index contributed by atoms with van der Waals surface area (Å²) in [5.41, 5.74) is 0.493. The van der Waals surface area contributed by atoms with E-state index < -0.39 is 0 Å². The molecule has 0 aromatic heterocycles. The summed E-state index contributed by atoms with van der Waals surface area (Å²) in [5, 5.41) is 11.9. The van der Waals surface area contributed by atoms with E-state index in [1.165, 1.54) is 37.4 Å². The zero-order chi connectivity index (χ0) is 16.4. The normalized spacial score (nSPS) is 13.8. The predicted octanol–water partition coefficient (Wildman–Crippen LogP) is 1.20. The first-order chi connectivity index (χ1) is 10.5. The van der Waals surface area contributed by atoms with Crippen molar-refractivity contribution in [2.24, 2.45) is 4.99 Å². The third-order valence-electron chi connectivity index (χ3n) is 3.40. The number of nitriles is 1. The molecule has 8 heteroatoms. The number of carbonyl (C=O) groups is 1. The minimum absolute atomic E-state index is 0.0557. The maximum atomic E-state index is 12.6. The molecular weight excluding hydrogens is 288 g/mol. The van der Waals surface area contributed by atoms with E-state index in [1.54, 1.807) is 14.1 Å². The molecule has 0 saturated heterocycles. The summed E-state index contributed by atoms with van der Waals surface area (Å²) in [5.74, 6) is 0.607. The highest BCUT2D eigenvalue weighted by molar-refractivity contribution is 6.08. The number of ether oxygens (including phenoxy) is 3. The minimum Gasteiger partial charge on any atom is -0.493 e. The smallest absolute Gasteiger partial charge is 0.274 e. The topological polar surface area (TPSA) is 87.4 Å². The molecule has 1 aliphatic rings. The van der Waals surface area contributed by atoms with Gasteiger partial charge in [0, 0.05) is 14.1 Å². The number of amides is 1. The molecule has 1 aromatic carbocycles. The number of hydrogen-bond acceptors (Lipinski definition) is 7. The Balaban J connectivity index is 2.86. The molecule has 1 amide bonds. The number of nitrogens with zero attached hydrogens (tertiary/aromatic N) is 4. The molecule has 2 rings (SSSR count). The molecule has 116 valence electrons. The third-order valence-corrected chi connectivity index (χ3v) is 3.40. The van der Waals surface area contributed by atoms with Gasteiger partial charge in [0.2, 0.25) is 11.6 Å². The van der Waals surface area contributed by atoms with Crippen molar-refractivity contribution in [2.75, 3.05) is 35.4 Å². The average molecular weight is 304 g/mol. The lowest BCUT2D eigenvalue weighted by Crippen LogP contribution is -2.43. The number of hydrogen-bond donors (Lipinski definition) is 0. The van der Waals surface area contributed by atoms with Crippen LogP contribution in [-0.4, -0.2) is 57.2 Å².